The maximum Gasteiger partial charge on any atom is 0.272 e. The molecule has 0 spiro atoms. The Morgan fingerprint density at radius 2 is 1.77 bits per heavy atom. The molecule has 5 nitrogen and oxygen atoms in total. The average molecular weight is 390 g/mol. The molecule has 2 aromatic rings. The van der Waals surface area contributed by atoms with Crippen molar-refractivity contribution < 1.29 is 19.4 Å². The number of thioether (sulfide) groups is 1. The summed E-state index contributed by atoms with van der Waals surface area (Å²) in [4.78, 5) is 27.4. The van der Waals surface area contributed by atoms with Crippen molar-refractivity contribution in [3.05, 3.63) is 64.0 Å². The van der Waals surface area contributed by atoms with Crippen molar-refractivity contribution in [1.82, 2.24) is 0 Å². The molecule has 1 aliphatic heterocycles. The highest BCUT2D eigenvalue weighted by Crippen LogP contribution is 2.40. The van der Waals surface area contributed by atoms with Gasteiger partial charge in [0.05, 0.1) is 34.9 Å². The summed E-state index contributed by atoms with van der Waals surface area (Å²) in [5.41, 5.74) is 1.25. The highest BCUT2D eigenvalue weighted by Gasteiger charge is 2.40. The molecule has 26 heavy (non-hydrogen) atoms. The molecule has 2 amide bonds. The van der Waals surface area contributed by atoms with Crippen LogP contribution >= 0.6 is 23.4 Å². The third-order valence-electron chi connectivity index (χ3n) is 3.85. The zero-order valence-electron chi connectivity index (χ0n) is 13.9. The number of carbonyl (C=O) groups is 2. The van der Waals surface area contributed by atoms with E-state index in [1.54, 1.807) is 55.6 Å². The second-order valence-electron chi connectivity index (χ2n) is 5.40. The van der Waals surface area contributed by atoms with Gasteiger partial charge in [0.15, 0.2) is 0 Å². The standard InChI is InChI=1S/C19H16ClNO4S/c1-25-13-8-6-12(7-9-13)16-17(26-11-10-22)19(24)21(18(16)23)15-5-3-2-4-14(15)20/h2-9,22H,10-11H2,1H3. The quantitative estimate of drug-likeness (QED) is 0.767. The number of amides is 2. The largest absolute Gasteiger partial charge is 0.497 e. The van der Waals surface area contributed by atoms with Crippen molar-refractivity contribution in [2.45, 2.75) is 0 Å². The van der Waals surface area contributed by atoms with Crippen LogP contribution in [0.4, 0.5) is 5.69 Å². The summed E-state index contributed by atoms with van der Waals surface area (Å²) in [5.74, 6) is 0.0874. The fourth-order valence-electron chi connectivity index (χ4n) is 2.66. The number of carbonyl (C=O) groups excluding carboxylic acids is 2. The van der Waals surface area contributed by atoms with Crippen LogP contribution in [0, 0.1) is 0 Å². The molecule has 0 saturated heterocycles. The second-order valence-corrected chi connectivity index (χ2v) is 6.91. The van der Waals surface area contributed by atoms with Crippen molar-refractivity contribution in [3.8, 4) is 5.75 Å². The van der Waals surface area contributed by atoms with Crippen molar-refractivity contribution in [2.75, 3.05) is 24.4 Å². The minimum absolute atomic E-state index is 0.0996. The number of methoxy groups -OCH3 is 1. The van der Waals surface area contributed by atoms with E-state index in [2.05, 4.69) is 0 Å². The van der Waals surface area contributed by atoms with Gasteiger partial charge in [-0.25, -0.2) is 4.90 Å². The highest BCUT2D eigenvalue weighted by molar-refractivity contribution is 8.04. The first kappa shape index (κ1) is 18.5. The lowest BCUT2D eigenvalue weighted by Gasteiger charge is -2.16. The van der Waals surface area contributed by atoms with Crippen LogP contribution in [-0.4, -0.2) is 36.4 Å². The Kier molecular flexibility index (Phi) is 5.66. The summed E-state index contributed by atoms with van der Waals surface area (Å²) in [6.07, 6.45) is 0. The Bertz CT molecular complexity index is 879. The van der Waals surface area contributed by atoms with Crippen LogP contribution in [0.2, 0.25) is 5.02 Å². The zero-order chi connectivity index (χ0) is 18.7. The second kappa shape index (κ2) is 7.95. The summed E-state index contributed by atoms with van der Waals surface area (Å²) >= 11 is 7.35. The SMILES string of the molecule is COc1ccc(C2=C(SCCO)C(=O)N(c3ccccc3Cl)C2=O)cc1. The molecule has 2 aromatic carbocycles. The van der Waals surface area contributed by atoms with Crippen LogP contribution in [0.1, 0.15) is 5.56 Å². The van der Waals surface area contributed by atoms with Crippen LogP contribution < -0.4 is 9.64 Å². The van der Waals surface area contributed by atoms with Crippen LogP contribution in [0.15, 0.2) is 53.4 Å². The van der Waals surface area contributed by atoms with Crippen molar-refractivity contribution in [2.24, 2.45) is 0 Å². The van der Waals surface area contributed by atoms with Crippen LogP contribution in [0.3, 0.4) is 0 Å². The van der Waals surface area contributed by atoms with Crippen molar-refractivity contribution in [1.29, 1.82) is 0 Å². The van der Waals surface area contributed by atoms with Gasteiger partial charge in [0, 0.05) is 5.75 Å². The van der Waals surface area contributed by atoms with Crippen LogP contribution in [-0.2, 0) is 9.59 Å². The lowest BCUT2D eigenvalue weighted by Crippen LogP contribution is -2.31. The van der Waals surface area contributed by atoms with Gasteiger partial charge in [-0.1, -0.05) is 35.9 Å². The molecule has 0 saturated carbocycles. The fourth-order valence-corrected chi connectivity index (χ4v) is 3.74. The molecule has 0 aliphatic carbocycles. The highest BCUT2D eigenvalue weighted by atomic mass is 35.5. The Hall–Kier alpha value is -2.28. The number of anilines is 1. The fraction of sp³-hybridized carbons (Fsp3) is 0.158. The normalized spacial score (nSPS) is 14.3. The molecule has 3 rings (SSSR count). The number of nitrogens with zero attached hydrogens (tertiary/aromatic N) is 1. The van der Waals surface area contributed by atoms with E-state index in [0.29, 0.717) is 38.3 Å². The molecule has 0 unspecified atom stereocenters. The zero-order valence-corrected chi connectivity index (χ0v) is 15.5. The number of hydrogen-bond acceptors (Lipinski definition) is 5. The predicted molar refractivity (Wildman–Crippen MR) is 103 cm³/mol. The number of halogens is 1. The number of ether oxygens (including phenoxy) is 1. The molecule has 0 radical (unpaired) electrons. The average Bonchev–Trinajstić information content (AvgIpc) is 2.90. The van der Waals surface area contributed by atoms with Gasteiger partial charge < -0.3 is 9.84 Å². The third-order valence-corrected chi connectivity index (χ3v) is 5.22. The molecule has 1 N–H and O–H groups in total. The Morgan fingerprint density at radius 1 is 1.08 bits per heavy atom. The maximum absolute atomic E-state index is 13.1. The number of aliphatic hydroxyl groups excluding tert-OH is 1. The summed E-state index contributed by atoms with van der Waals surface area (Å²) in [6.45, 7) is -0.0996. The van der Waals surface area contributed by atoms with Gasteiger partial charge in [-0.15, -0.1) is 11.8 Å². The van der Waals surface area contributed by atoms with Gasteiger partial charge in [0.2, 0.25) is 0 Å². The van der Waals surface area contributed by atoms with Gasteiger partial charge in [-0.05, 0) is 29.8 Å². The number of aliphatic hydroxyl groups is 1. The maximum atomic E-state index is 13.1. The summed E-state index contributed by atoms with van der Waals surface area (Å²) in [5, 5.41) is 9.46. The Morgan fingerprint density at radius 3 is 2.38 bits per heavy atom. The number of para-hydroxylation sites is 1. The summed E-state index contributed by atoms with van der Waals surface area (Å²) < 4.78 is 5.14. The van der Waals surface area contributed by atoms with Crippen molar-refractivity contribution >= 4 is 46.4 Å². The molecule has 0 fully saturated rings. The van der Waals surface area contributed by atoms with E-state index >= 15 is 0 Å². The van der Waals surface area contributed by atoms with E-state index in [1.807, 2.05) is 0 Å². The molecule has 0 atom stereocenters. The first-order valence-corrected chi connectivity index (χ1v) is 9.20. The predicted octanol–water partition coefficient (Wildman–Crippen LogP) is 3.36. The summed E-state index contributed by atoms with van der Waals surface area (Å²) in [6, 6.07) is 13.6. The van der Waals surface area contributed by atoms with E-state index in [9.17, 15) is 9.59 Å². The van der Waals surface area contributed by atoms with E-state index in [0.717, 1.165) is 16.7 Å². The van der Waals surface area contributed by atoms with Gasteiger partial charge in [0.25, 0.3) is 11.8 Å². The van der Waals surface area contributed by atoms with E-state index in [-0.39, 0.29) is 6.61 Å². The lowest BCUT2D eigenvalue weighted by molar-refractivity contribution is -0.119. The van der Waals surface area contributed by atoms with Gasteiger partial charge in [0.1, 0.15) is 5.75 Å². The van der Waals surface area contributed by atoms with E-state index in [1.165, 1.54) is 0 Å². The summed E-state index contributed by atoms with van der Waals surface area (Å²) in [7, 11) is 1.56. The molecular formula is C19H16ClNO4S. The first-order chi connectivity index (χ1) is 12.6. The van der Waals surface area contributed by atoms with Crippen molar-refractivity contribution in [3.63, 3.8) is 0 Å². The van der Waals surface area contributed by atoms with Gasteiger partial charge in [-0.3, -0.25) is 9.59 Å². The monoisotopic (exact) mass is 389 g/mol. The smallest absolute Gasteiger partial charge is 0.272 e. The molecule has 1 aliphatic rings. The third kappa shape index (κ3) is 3.35. The lowest BCUT2D eigenvalue weighted by atomic mass is 10.1. The number of benzene rings is 2. The van der Waals surface area contributed by atoms with E-state index in [4.69, 9.17) is 21.4 Å². The minimum atomic E-state index is -0.438. The topological polar surface area (TPSA) is 66.8 Å². The van der Waals surface area contributed by atoms with E-state index < -0.39 is 11.8 Å². The van der Waals surface area contributed by atoms with Gasteiger partial charge in [-0.2, -0.15) is 0 Å². The molecule has 134 valence electrons. The Labute approximate surface area is 160 Å². The number of hydrogen-bond donors (Lipinski definition) is 1. The molecule has 1 heterocycles. The molecular weight excluding hydrogens is 374 g/mol. The van der Waals surface area contributed by atoms with Gasteiger partial charge >= 0.3 is 0 Å². The van der Waals surface area contributed by atoms with Crippen LogP contribution in [0.25, 0.3) is 5.57 Å². The van der Waals surface area contributed by atoms with Crippen LogP contribution in [0.5, 0.6) is 5.75 Å². The first-order valence-electron chi connectivity index (χ1n) is 7.84. The number of rotatable bonds is 6. The molecule has 0 bridgehead atoms. The Balaban J connectivity index is 2.07. The molecule has 7 heteroatoms. The molecule has 0 aromatic heterocycles. The minimum Gasteiger partial charge on any atom is -0.497 e. The number of imide groups is 1.